The van der Waals surface area contributed by atoms with Crippen LogP contribution in [0.1, 0.15) is 44.4 Å². The zero-order valence-corrected chi connectivity index (χ0v) is 14.7. The van der Waals surface area contributed by atoms with Gasteiger partial charge in [-0.2, -0.15) is 17.0 Å². The summed E-state index contributed by atoms with van der Waals surface area (Å²) >= 11 is 0. The van der Waals surface area contributed by atoms with Gasteiger partial charge in [0.05, 0.1) is 12.3 Å². The van der Waals surface area contributed by atoms with E-state index in [9.17, 15) is 8.42 Å². The van der Waals surface area contributed by atoms with Gasteiger partial charge in [0.15, 0.2) is 0 Å². The lowest BCUT2D eigenvalue weighted by atomic mass is 10.2. The van der Waals surface area contributed by atoms with Crippen molar-refractivity contribution in [1.82, 2.24) is 13.5 Å². The normalized spacial score (nSPS) is 25.7. The quantitative estimate of drug-likeness (QED) is 0.823. The molecule has 2 fully saturated rings. The Bertz CT molecular complexity index is 588. The summed E-state index contributed by atoms with van der Waals surface area (Å²) in [5, 5.41) is 0. The molecule has 0 radical (unpaired) electrons. The number of hydrogen-bond acceptors (Lipinski definition) is 4. The van der Waals surface area contributed by atoms with Gasteiger partial charge < -0.3 is 9.32 Å². The molecule has 0 N–H and O–H groups in total. The van der Waals surface area contributed by atoms with Crippen molar-refractivity contribution in [3.8, 4) is 0 Å². The van der Waals surface area contributed by atoms with Crippen molar-refractivity contribution in [1.29, 1.82) is 0 Å². The van der Waals surface area contributed by atoms with E-state index in [-0.39, 0.29) is 6.04 Å². The zero-order valence-electron chi connectivity index (χ0n) is 13.9. The second-order valence-corrected chi connectivity index (χ2v) is 8.27. The van der Waals surface area contributed by atoms with Gasteiger partial charge in [-0.3, -0.25) is 0 Å². The topological polar surface area (TPSA) is 57.0 Å². The van der Waals surface area contributed by atoms with E-state index in [0.29, 0.717) is 19.6 Å². The molecule has 7 heteroatoms. The minimum Gasteiger partial charge on any atom is -0.468 e. The third-order valence-corrected chi connectivity index (χ3v) is 6.83. The van der Waals surface area contributed by atoms with E-state index in [0.717, 1.165) is 51.1 Å². The maximum Gasteiger partial charge on any atom is 0.282 e. The Hall–Kier alpha value is -0.890. The lowest BCUT2D eigenvalue weighted by Gasteiger charge is -2.29. The van der Waals surface area contributed by atoms with E-state index in [1.54, 1.807) is 14.9 Å². The van der Waals surface area contributed by atoms with Crippen LogP contribution in [0.3, 0.4) is 0 Å². The standard InChI is InChI=1S/C16H27N3O3S/c1-2-8-17-9-5-10-18(13-12-17)23(20,21)19-11-3-6-15(19)16-7-4-14-22-16/h4,7,14-15H,2-3,5-6,8-13H2,1H3/t15-/m1/s1. The van der Waals surface area contributed by atoms with Crippen LogP contribution in [0, 0.1) is 0 Å². The van der Waals surface area contributed by atoms with Crippen molar-refractivity contribution >= 4 is 10.2 Å². The van der Waals surface area contributed by atoms with E-state index in [1.807, 2.05) is 12.1 Å². The molecule has 2 aliphatic heterocycles. The molecule has 0 spiro atoms. The number of nitrogens with zero attached hydrogens (tertiary/aromatic N) is 3. The maximum atomic E-state index is 13.1. The molecule has 23 heavy (non-hydrogen) atoms. The molecule has 0 unspecified atom stereocenters. The molecular formula is C16H27N3O3S. The van der Waals surface area contributed by atoms with Crippen LogP contribution in [0.2, 0.25) is 0 Å². The minimum absolute atomic E-state index is 0.148. The molecule has 2 saturated heterocycles. The smallest absolute Gasteiger partial charge is 0.282 e. The number of furan rings is 1. The monoisotopic (exact) mass is 341 g/mol. The molecule has 130 valence electrons. The first-order valence-electron chi connectivity index (χ1n) is 8.65. The highest BCUT2D eigenvalue weighted by molar-refractivity contribution is 7.86. The van der Waals surface area contributed by atoms with Crippen molar-refractivity contribution in [2.75, 3.05) is 39.3 Å². The molecule has 0 bridgehead atoms. The van der Waals surface area contributed by atoms with Crippen LogP contribution in [0.25, 0.3) is 0 Å². The largest absolute Gasteiger partial charge is 0.468 e. The molecular weight excluding hydrogens is 314 g/mol. The van der Waals surface area contributed by atoms with Crippen LogP contribution >= 0.6 is 0 Å². The van der Waals surface area contributed by atoms with Gasteiger partial charge in [0.25, 0.3) is 10.2 Å². The molecule has 2 aliphatic rings. The van der Waals surface area contributed by atoms with Crippen LogP contribution in [0.15, 0.2) is 22.8 Å². The van der Waals surface area contributed by atoms with E-state index >= 15 is 0 Å². The summed E-state index contributed by atoms with van der Waals surface area (Å²) < 4.78 is 35.0. The Kier molecular flexibility index (Phi) is 5.41. The van der Waals surface area contributed by atoms with E-state index in [1.165, 1.54) is 0 Å². The van der Waals surface area contributed by atoms with E-state index in [2.05, 4.69) is 11.8 Å². The van der Waals surface area contributed by atoms with Crippen LogP contribution in [0.5, 0.6) is 0 Å². The van der Waals surface area contributed by atoms with Crippen molar-refractivity contribution in [3.05, 3.63) is 24.2 Å². The average Bonchev–Trinajstić information content (AvgIpc) is 3.16. The van der Waals surface area contributed by atoms with E-state index < -0.39 is 10.2 Å². The highest BCUT2D eigenvalue weighted by atomic mass is 32.2. The van der Waals surface area contributed by atoms with Gasteiger partial charge >= 0.3 is 0 Å². The Labute approximate surface area is 139 Å². The van der Waals surface area contributed by atoms with Crippen molar-refractivity contribution in [2.45, 2.75) is 38.6 Å². The van der Waals surface area contributed by atoms with Crippen LogP contribution in [-0.2, 0) is 10.2 Å². The lowest BCUT2D eigenvalue weighted by molar-refractivity contribution is 0.278. The molecule has 3 heterocycles. The van der Waals surface area contributed by atoms with Crippen molar-refractivity contribution in [3.63, 3.8) is 0 Å². The summed E-state index contributed by atoms with van der Waals surface area (Å²) in [5.41, 5.74) is 0. The minimum atomic E-state index is -3.42. The average molecular weight is 341 g/mol. The summed E-state index contributed by atoms with van der Waals surface area (Å²) in [6, 6.07) is 3.56. The third kappa shape index (κ3) is 3.63. The fourth-order valence-corrected chi connectivity index (χ4v) is 5.51. The highest BCUT2D eigenvalue weighted by Gasteiger charge is 2.40. The zero-order chi connectivity index (χ0) is 16.3. The van der Waals surface area contributed by atoms with Gasteiger partial charge in [0.2, 0.25) is 0 Å². The molecule has 1 atom stereocenters. The molecule has 0 aromatic carbocycles. The first kappa shape index (κ1) is 17.0. The van der Waals surface area contributed by atoms with Gasteiger partial charge in [0, 0.05) is 26.2 Å². The second-order valence-electron chi connectivity index (χ2n) is 6.39. The van der Waals surface area contributed by atoms with Gasteiger partial charge in [-0.1, -0.05) is 6.92 Å². The van der Waals surface area contributed by atoms with Crippen LogP contribution in [-0.4, -0.2) is 61.2 Å². The first-order valence-corrected chi connectivity index (χ1v) is 10.1. The molecule has 6 nitrogen and oxygen atoms in total. The maximum absolute atomic E-state index is 13.1. The summed E-state index contributed by atoms with van der Waals surface area (Å²) in [5.74, 6) is 0.758. The molecule has 3 rings (SSSR count). The van der Waals surface area contributed by atoms with Crippen LogP contribution < -0.4 is 0 Å². The van der Waals surface area contributed by atoms with Crippen LogP contribution in [0.4, 0.5) is 0 Å². The molecule has 0 saturated carbocycles. The summed E-state index contributed by atoms with van der Waals surface area (Å²) in [6.45, 7) is 6.81. The second kappa shape index (κ2) is 7.34. The number of hydrogen-bond donors (Lipinski definition) is 0. The molecule has 0 aliphatic carbocycles. The highest BCUT2D eigenvalue weighted by Crippen LogP contribution is 2.35. The van der Waals surface area contributed by atoms with Gasteiger partial charge in [-0.25, -0.2) is 0 Å². The Morgan fingerprint density at radius 2 is 2.04 bits per heavy atom. The number of rotatable bonds is 5. The van der Waals surface area contributed by atoms with Gasteiger partial charge in [-0.05, 0) is 50.9 Å². The summed E-state index contributed by atoms with van der Waals surface area (Å²) in [4.78, 5) is 2.36. The molecule has 1 aromatic rings. The Balaban J connectivity index is 1.73. The Morgan fingerprint density at radius 1 is 1.17 bits per heavy atom. The van der Waals surface area contributed by atoms with E-state index in [4.69, 9.17) is 4.42 Å². The SMILES string of the molecule is CCCN1CCCN(S(=O)(=O)N2CCC[C@@H]2c2ccco2)CC1. The third-order valence-electron chi connectivity index (χ3n) is 4.79. The predicted octanol–water partition coefficient (Wildman–Crippen LogP) is 2.08. The lowest BCUT2D eigenvalue weighted by Crippen LogP contribution is -2.45. The van der Waals surface area contributed by atoms with Gasteiger partial charge in [0.1, 0.15) is 5.76 Å². The van der Waals surface area contributed by atoms with Crippen molar-refractivity contribution in [2.24, 2.45) is 0 Å². The fraction of sp³-hybridized carbons (Fsp3) is 0.750. The fourth-order valence-electron chi connectivity index (χ4n) is 3.65. The van der Waals surface area contributed by atoms with Gasteiger partial charge in [-0.15, -0.1) is 0 Å². The predicted molar refractivity (Wildman–Crippen MR) is 89.2 cm³/mol. The summed E-state index contributed by atoms with van der Waals surface area (Å²) in [6.07, 6.45) is 5.36. The molecule has 1 aromatic heterocycles. The van der Waals surface area contributed by atoms with Crippen molar-refractivity contribution < 1.29 is 12.8 Å². The first-order chi connectivity index (χ1) is 11.1. The Morgan fingerprint density at radius 3 is 2.78 bits per heavy atom. The molecule has 0 amide bonds. The summed E-state index contributed by atoms with van der Waals surface area (Å²) in [7, 11) is -3.42.